The highest BCUT2D eigenvalue weighted by atomic mass is 79.9. The Morgan fingerprint density at radius 2 is 1.22 bits per heavy atom. The largest absolute Gasteiger partial charge is 1.00 e. The Hall–Kier alpha value is -0.370. The second-order valence-electron chi connectivity index (χ2n) is 6.62. The van der Waals surface area contributed by atoms with E-state index in [2.05, 4.69) is 42.8 Å². The third kappa shape index (κ3) is 11.8. The van der Waals surface area contributed by atoms with Crippen LogP contribution in [0.3, 0.4) is 0 Å². The molecule has 0 radical (unpaired) electrons. The van der Waals surface area contributed by atoms with Crippen molar-refractivity contribution in [1.29, 1.82) is 0 Å². The van der Waals surface area contributed by atoms with Crippen molar-refractivity contribution in [2.24, 2.45) is 0 Å². The topological polar surface area (TPSA) is 3.88 Å². The predicted molar refractivity (Wildman–Crippen MR) is 97.1 cm³/mol. The number of halogens is 1. The van der Waals surface area contributed by atoms with Gasteiger partial charge in [-0.1, -0.05) is 83.6 Å². The molecule has 0 fully saturated rings. The minimum absolute atomic E-state index is 0. The molecule has 0 aliphatic rings. The summed E-state index contributed by atoms with van der Waals surface area (Å²) in [5, 5.41) is 0. The zero-order chi connectivity index (χ0) is 15.9. The molecule has 0 aliphatic heterocycles. The fraction of sp³-hybridized carbons (Fsp3) is 0.762. The Labute approximate surface area is 155 Å². The van der Waals surface area contributed by atoms with E-state index in [1.807, 2.05) is 0 Å². The molecule has 0 bridgehead atoms. The third-order valence-corrected chi connectivity index (χ3v) is 4.66. The van der Waals surface area contributed by atoms with Crippen LogP contribution in [0, 0.1) is 0 Å². The first-order valence-electron chi connectivity index (χ1n) is 9.85. The number of hydrogen-bond acceptors (Lipinski definition) is 0. The molecule has 1 rings (SSSR count). The molecule has 1 aromatic rings. The predicted octanol–water partition coefficient (Wildman–Crippen LogP) is 3.24. The fourth-order valence-electron chi connectivity index (χ4n) is 3.19. The fourth-order valence-corrected chi connectivity index (χ4v) is 3.19. The summed E-state index contributed by atoms with van der Waals surface area (Å²) in [5.74, 6) is 0. The number of aromatic nitrogens is 1. The van der Waals surface area contributed by atoms with Gasteiger partial charge in [-0.05, 0) is 13.3 Å². The van der Waals surface area contributed by atoms with Gasteiger partial charge in [-0.15, -0.1) is 0 Å². The maximum Gasteiger partial charge on any atom is 0.181 e. The lowest BCUT2D eigenvalue weighted by atomic mass is 10.0. The van der Waals surface area contributed by atoms with Crippen LogP contribution in [0.25, 0.3) is 0 Å². The molecule has 0 saturated heterocycles. The molecule has 1 aromatic heterocycles. The molecule has 0 atom stereocenters. The van der Waals surface area contributed by atoms with Gasteiger partial charge in [-0.2, -0.15) is 0 Å². The van der Waals surface area contributed by atoms with Crippen molar-refractivity contribution in [3.63, 3.8) is 0 Å². The van der Waals surface area contributed by atoms with E-state index in [1.54, 1.807) is 0 Å². The van der Waals surface area contributed by atoms with Gasteiger partial charge < -0.3 is 17.0 Å². The molecular weight excluding hydrogens is 346 g/mol. The van der Waals surface area contributed by atoms with Gasteiger partial charge >= 0.3 is 0 Å². The number of nitrogens with zero attached hydrogens (tertiary/aromatic N) is 1. The number of hydrogen-bond donors (Lipinski definition) is 0. The molecule has 0 amide bonds. The summed E-state index contributed by atoms with van der Waals surface area (Å²) in [6.45, 7) is 5.61. The number of unbranched alkanes of at least 4 members (excludes halogenated alkanes) is 11. The highest BCUT2D eigenvalue weighted by Gasteiger charge is 2.06. The Balaban J connectivity index is 0.00000484. The summed E-state index contributed by atoms with van der Waals surface area (Å²) in [6.07, 6.45) is 20.6. The monoisotopic (exact) mass is 383 g/mol. The number of rotatable bonds is 14. The lowest BCUT2D eigenvalue weighted by Crippen LogP contribution is -3.00. The Bertz CT molecular complexity index is 365. The van der Waals surface area contributed by atoms with Crippen LogP contribution in [0.15, 0.2) is 24.4 Å². The van der Waals surface area contributed by atoms with Gasteiger partial charge in [0.1, 0.15) is 6.54 Å². The minimum Gasteiger partial charge on any atom is -1.00 e. The summed E-state index contributed by atoms with van der Waals surface area (Å²) in [6, 6.07) is 6.58. The van der Waals surface area contributed by atoms with Crippen molar-refractivity contribution in [2.75, 3.05) is 0 Å². The highest BCUT2D eigenvalue weighted by Crippen LogP contribution is 2.12. The van der Waals surface area contributed by atoms with Gasteiger partial charge in [0.25, 0.3) is 0 Å². The second-order valence-corrected chi connectivity index (χ2v) is 6.62. The van der Waals surface area contributed by atoms with Gasteiger partial charge in [0.05, 0.1) is 0 Å². The molecule has 1 nitrogen and oxygen atoms in total. The van der Waals surface area contributed by atoms with E-state index in [0.717, 1.165) is 6.54 Å². The molecule has 0 saturated carbocycles. The summed E-state index contributed by atoms with van der Waals surface area (Å²) in [7, 11) is 0. The summed E-state index contributed by atoms with van der Waals surface area (Å²) >= 11 is 0. The maximum absolute atomic E-state index is 2.37. The Morgan fingerprint density at radius 3 is 1.74 bits per heavy atom. The molecule has 0 N–H and O–H groups in total. The van der Waals surface area contributed by atoms with Gasteiger partial charge in [0.15, 0.2) is 11.9 Å². The van der Waals surface area contributed by atoms with E-state index < -0.39 is 0 Å². The van der Waals surface area contributed by atoms with Crippen molar-refractivity contribution in [1.82, 2.24) is 0 Å². The van der Waals surface area contributed by atoms with Crippen LogP contribution >= 0.6 is 0 Å². The molecule has 0 unspecified atom stereocenters. The molecule has 134 valence electrons. The lowest BCUT2D eigenvalue weighted by Gasteiger charge is -2.03. The van der Waals surface area contributed by atoms with E-state index in [4.69, 9.17) is 0 Å². The average Bonchev–Trinajstić information content (AvgIpc) is 2.56. The van der Waals surface area contributed by atoms with Crippen LogP contribution < -0.4 is 21.5 Å². The second kappa shape index (κ2) is 16.5. The molecular formula is C21H38BrN. The maximum atomic E-state index is 2.37. The normalized spacial score (nSPS) is 10.5. The molecule has 1 heterocycles. The number of pyridine rings is 1. The van der Waals surface area contributed by atoms with Crippen molar-refractivity contribution in [2.45, 2.75) is 104 Å². The van der Waals surface area contributed by atoms with E-state index in [0.29, 0.717) is 0 Å². The SMILES string of the molecule is CCCCCCCCCCCCCCc1cccc[n+]1CC.[Br-]. The van der Waals surface area contributed by atoms with Crippen molar-refractivity contribution in [3.05, 3.63) is 30.1 Å². The Morgan fingerprint density at radius 1 is 0.696 bits per heavy atom. The number of aryl methyl sites for hydroxylation is 2. The van der Waals surface area contributed by atoms with Gasteiger partial charge in [-0.25, -0.2) is 4.57 Å². The smallest absolute Gasteiger partial charge is 0.181 e. The lowest BCUT2D eigenvalue weighted by molar-refractivity contribution is -0.700. The van der Waals surface area contributed by atoms with Crippen molar-refractivity contribution < 1.29 is 21.5 Å². The summed E-state index contributed by atoms with van der Waals surface area (Å²) < 4.78 is 2.37. The molecule has 0 aromatic carbocycles. The van der Waals surface area contributed by atoms with Crippen LogP contribution in [-0.2, 0) is 13.0 Å². The van der Waals surface area contributed by atoms with E-state index in [9.17, 15) is 0 Å². The standard InChI is InChI=1S/C21H38N.BrH/c1-3-5-6-7-8-9-10-11-12-13-14-15-18-21-19-16-17-20-22(21)4-2;/h16-17,19-20H,3-15,18H2,1-2H3;1H/q+1;/p-1. The van der Waals surface area contributed by atoms with Crippen LogP contribution in [0.4, 0.5) is 0 Å². The third-order valence-electron chi connectivity index (χ3n) is 4.66. The van der Waals surface area contributed by atoms with E-state index in [1.165, 1.54) is 89.2 Å². The van der Waals surface area contributed by atoms with Gasteiger partial charge in [-0.3, -0.25) is 0 Å². The molecule has 23 heavy (non-hydrogen) atoms. The minimum atomic E-state index is 0. The first-order chi connectivity index (χ1) is 10.9. The van der Waals surface area contributed by atoms with E-state index >= 15 is 0 Å². The van der Waals surface area contributed by atoms with Crippen LogP contribution in [-0.4, -0.2) is 0 Å². The van der Waals surface area contributed by atoms with E-state index in [-0.39, 0.29) is 17.0 Å². The van der Waals surface area contributed by atoms with Gasteiger partial charge in [0, 0.05) is 18.6 Å². The van der Waals surface area contributed by atoms with Crippen LogP contribution in [0.2, 0.25) is 0 Å². The first kappa shape index (κ1) is 22.6. The highest BCUT2D eigenvalue weighted by molar-refractivity contribution is 4.97. The zero-order valence-corrected chi connectivity index (χ0v) is 17.1. The Kier molecular flexibility index (Phi) is 16.2. The molecule has 0 aliphatic carbocycles. The van der Waals surface area contributed by atoms with Crippen molar-refractivity contribution >= 4 is 0 Å². The summed E-state index contributed by atoms with van der Waals surface area (Å²) in [5.41, 5.74) is 1.50. The first-order valence-corrected chi connectivity index (χ1v) is 9.85. The zero-order valence-electron chi connectivity index (χ0n) is 15.5. The molecule has 0 spiro atoms. The van der Waals surface area contributed by atoms with Crippen molar-refractivity contribution in [3.8, 4) is 0 Å². The average molecular weight is 384 g/mol. The molecule has 2 heteroatoms. The summed E-state index contributed by atoms with van der Waals surface area (Å²) in [4.78, 5) is 0. The van der Waals surface area contributed by atoms with Crippen LogP contribution in [0.1, 0.15) is 96.6 Å². The quantitative estimate of drug-likeness (QED) is 0.343. The van der Waals surface area contributed by atoms with Gasteiger partial charge in [0.2, 0.25) is 0 Å². The van der Waals surface area contributed by atoms with Crippen LogP contribution in [0.5, 0.6) is 0 Å².